The molecule has 1 saturated carbocycles. The molecule has 1 aromatic heterocycles. The number of nitrogens with zero attached hydrogens (tertiary/aromatic N) is 1. The summed E-state index contributed by atoms with van der Waals surface area (Å²) < 4.78 is 31.6. The lowest BCUT2D eigenvalue weighted by Gasteiger charge is -2.26. The number of hydrogen-bond acceptors (Lipinski definition) is 3. The smallest absolute Gasteiger partial charge is 0.248 e. The minimum Gasteiger partial charge on any atom is -0.495 e. The Morgan fingerprint density at radius 3 is 2.78 bits per heavy atom. The molecule has 2 rings (SSSR count). The van der Waals surface area contributed by atoms with Crippen molar-refractivity contribution >= 4 is 17.8 Å². The number of hydrogen-bond donors (Lipinski definition) is 1. The van der Waals surface area contributed by atoms with Crippen molar-refractivity contribution in [3.63, 3.8) is 0 Å². The fourth-order valence-electron chi connectivity index (χ4n) is 2.50. The highest BCUT2D eigenvalue weighted by Crippen LogP contribution is 2.37. The number of methoxy groups -OCH3 is 1. The quantitative estimate of drug-likeness (QED) is 0.832. The molecule has 0 unspecified atom stereocenters. The number of halogens is 2. The van der Waals surface area contributed by atoms with Crippen molar-refractivity contribution in [3.8, 4) is 5.75 Å². The number of ether oxygens (including phenoxy) is 1. The summed E-state index contributed by atoms with van der Waals surface area (Å²) in [5, 5.41) is 2.58. The molecule has 124 valence electrons. The molecule has 4 nitrogen and oxygen atoms in total. The summed E-state index contributed by atoms with van der Waals surface area (Å²) in [4.78, 5) is 15.4. The van der Waals surface area contributed by atoms with Crippen LogP contribution >= 0.6 is 0 Å². The highest BCUT2D eigenvalue weighted by Gasteiger charge is 2.33. The Hall–Kier alpha value is -2.24. The first-order chi connectivity index (χ1) is 10.9. The van der Waals surface area contributed by atoms with E-state index in [0.29, 0.717) is 24.4 Å². The van der Waals surface area contributed by atoms with Crippen molar-refractivity contribution in [2.24, 2.45) is 5.92 Å². The van der Waals surface area contributed by atoms with Crippen LogP contribution in [0.1, 0.15) is 31.2 Å². The lowest BCUT2D eigenvalue weighted by atomic mass is 9.86. The molecule has 1 aromatic rings. The number of amides is 1. The molecule has 0 saturated heterocycles. The fourth-order valence-corrected chi connectivity index (χ4v) is 2.50. The monoisotopic (exact) mass is 322 g/mol. The van der Waals surface area contributed by atoms with Crippen LogP contribution in [0, 0.1) is 5.92 Å². The van der Waals surface area contributed by atoms with Crippen LogP contribution in [-0.4, -0.2) is 23.9 Å². The second-order valence-electron chi connectivity index (χ2n) is 5.56. The number of aromatic nitrogens is 1. The van der Waals surface area contributed by atoms with E-state index in [4.69, 9.17) is 4.74 Å². The second-order valence-corrected chi connectivity index (χ2v) is 5.56. The van der Waals surface area contributed by atoms with Crippen LogP contribution in [0.4, 0.5) is 14.6 Å². The van der Waals surface area contributed by atoms with Gasteiger partial charge in [-0.1, -0.05) is 18.7 Å². The number of pyridine rings is 1. The number of nitrogens with one attached hydrogen (secondary N) is 1. The lowest BCUT2D eigenvalue weighted by molar-refractivity contribution is -0.111. The first-order valence-electron chi connectivity index (χ1n) is 7.47. The Morgan fingerprint density at radius 1 is 1.48 bits per heavy atom. The molecular weight excluding hydrogens is 302 g/mol. The molecule has 1 aliphatic carbocycles. The molecule has 1 heterocycles. The van der Waals surface area contributed by atoms with Gasteiger partial charge < -0.3 is 10.1 Å². The summed E-state index contributed by atoms with van der Waals surface area (Å²) in [5.74, 6) is -1.82. The van der Waals surface area contributed by atoms with Crippen molar-refractivity contribution in [1.29, 1.82) is 0 Å². The number of anilines is 1. The molecule has 6 heteroatoms. The average Bonchev–Trinajstić information content (AvgIpc) is 2.54. The normalized spacial score (nSPS) is 17.9. The Balaban J connectivity index is 2.11. The maximum atomic E-state index is 13.2. The van der Waals surface area contributed by atoms with Gasteiger partial charge in [0.05, 0.1) is 13.3 Å². The molecule has 0 radical (unpaired) electrons. The van der Waals surface area contributed by atoms with E-state index in [9.17, 15) is 13.6 Å². The predicted molar refractivity (Wildman–Crippen MR) is 85.6 cm³/mol. The van der Waals surface area contributed by atoms with Crippen molar-refractivity contribution in [2.45, 2.75) is 31.6 Å². The van der Waals surface area contributed by atoms with E-state index in [-0.39, 0.29) is 24.7 Å². The third-order valence-electron chi connectivity index (χ3n) is 3.86. The van der Waals surface area contributed by atoms with Gasteiger partial charge in [-0.15, -0.1) is 0 Å². The van der Waals surface area contributed by atoms with E-state index in [1.165, 1.54) is 13.3 Å². The molecule has 1 amide bonds. The zero-order valence-electron chi connectivity index (χ0n) is 13.0. The van der Waals surface area contributed by atoms with Crippen molar-refractivity contribution in [2.75, 3.05) is 12.4 Å². The third-order valence-corrected chi connectivity index (χ3v) is 3.86. The van der Waals surface area contributed by atoms with Gasteiger partial charge in [0.15, 0.2) is 0 Å². The van der Waals surface area contributed by atoms with E-state index < -0.39 is 5.92 Å². The largest absolute Gasteiger partial charge is 0.495 e. The Labute approximate surface area is 134 Å². The van der Waals surface area contributed by atoms with Crippen LogP contribution in [-0.2, 0) is 4.79 Å². The maximum absolute atomic E-state index is 13.2. The van der Waals surface area contributed by atoms with Gasteiger partial charge in [0.2, 0.25) is 11.8 Å². The molecular formula is C17H20F2N2O2. The van der Waals surface area contributed by atoms with Crippen LogP contribution < -0.4 is 10.1 Å². The standard InChI is InChI=1S/C17H20F2N2O2/c1-3-16(22)21-15-10-13(14(23-2)11-20-15)5-4-12-6-8-17(18,19)9-7-12/h3-5,10-12H,1,6-9H2,2H3,(H,20,21,22)/b5-4+. The van der Waals surface area contributed by atoms with Gasteiger partial charge in [-0.05, 0) is 30.9 Å². The lowest BCUT2D eigenvalue weighted by Crippen LogP contribution is -2.23. The van der Waals surface area contributed by atoms with Gasteiger partial charge in [-0.3, -0.25) is 4.79 Å². The van der Waals surface area contributed by atoms with Crippen LogP contribution in [0.2, 0.25) is 0 Å². The highest BCUT2D eigenvalue weighted by atomic mass is 19.3. The minimum absolute atomic E-state index is 0.0733. The second kappa shape index (κ2) is 7.35. The fraction of sp³-hybridized carbons (Fsp3) is 0.412. The summed E-state index contributed by atoms with van der Waals surface area (Å²) >= 11 is 0. The number of rotatable bonds is 5. The summed E-state index contributed by atoms with van der Waals surface area (Å²) in [6.45, 7) is 3.38. The van der Waals surface area contributed by atoms with E-state index in [1.54, 1.807) is 6.07 Å². The molecule has 0 atom stereocenters. The number of carbonyl (C=O) groups excluding carboxylic acids is 1. The molecule has 23 heavy (non-hydrogen) atoms. The SMILES string of the molecule is C=CC(=O)Nc1cc(/C=C/C2CCC(F)(F)CC2)c(OC)cn1. The van der Waals surface area contributed by atoms with Crippen LogP contribution in [0.3, 0.4) is 0 Å². The minimum atomic E-state index is -2.53. The molecule has 1 N–H and O–H groups in total. The zero-order chi connectivity index (χ0) is 16.9. The van der Waals surface area contributed by atoms with Gasteiger partial charge in [0.1, 0.15) is 11.6 Å². The van der Waals surface area contributed by atoms with Crippen LogP contribution in [0.5, 0.6) is 5.75 Å². The van der Waals surface area contributed by atoms with Gasteiger partial charge in [-0.25, -0.2) is 13.8 Å². The molecule has 0 bridgehead atoms. The Bertz CT molecular complexity index is 605. The van der Waals surface area contributed by atoms with Gasteiger partial charge >= 0.3 is 0 Å². The third kappa shape index (κ3) is 4.87. The van der Waals surface area contributed by atoms with E-state index in [2.05, 4.69) is 16.9 Å². The van der Waals surface area contributed by atoms with Crippen LogP contribution in [0.25, 0.3) is 6.08 Å². The summed E-state index contributed by atoms with van der Waals surface area (Å²) in [5.41, 5.74) is 0.735. The first-order valence-corrected chi connectivity index (χ1v) is 7.47. The summed E-state index contributed by atoms with van der Waals surface area (Å²) in [6.07, 6.45) is 7.21. The molecule has 0 spiro atoms. The van der Waals surface area contributed by atoms with Crippen LogP contribution in [0.15, 0.2) is 31.0 Å². The first kappa shape index (κ1) is 17.1. The van der Waals surface area contributed by atoms with E-state index in [0.717, 1.165) is 11.6 Å². The van der Waals surface area contributed by atoms with Gasteiger partial charge in [0.25, 0.3) is 0 Å². The topological polar surface area (TPSA) is 51.2 Å². The molecule has 0 aromatic carbocycles. The van der Waals surface area contributed by atoms with Gasteiger partial charge in [-0.2, -0.15) is 0 Å². The maximum Gasteiger partial charge on any atom is 0.248 e. The molecule has 0 aliphatic heterocycles. The number of allylic oxidation sites excluding steroid dienone is 1. The summed E-state index contributed by atoms with van der Waals surface area (Å²) in [6, 6.07) is 1.67. The van der Waals surface area contributed by atoms with Crippen molar-refractivity contribution < 1.29 is 18.3 Å². The van der Waals surface area contributed by atoms with Gasteiger partial charge in [0, 0.05) is 18.4 Å². The highest BCUT2D eigenvalue weighted by molar-refractivity contribution is 5.98. The molecule has 1 aliphatic rings. The van der Waals surface area contributed by atoms with E-state index in [1.807, 2.05) is 12.2 Å². The summed E-state index contributed by atoms with van der Waals surface area (Å²) in [7, 11) is 1.53. The number of alkyl halides is 2. The zero-order valence-corrected chi connectivity index (χ0v) is 13.0. The average molecular weight is 322 g/mol. The van der Waals surface area contributed by atoms with Crippen molar-refractivity contribution in [1.82, 2.24) is 4.98 Å². The Kier molecular flexibility index (Phi) is 5.47. The predicted octanol–water partition coefficient (Wildman–Crippen LogP) is 4.05. The Morgan fingerprint density at radius 2 is 2.17 bits per heavy atom. The van der Waals surface area contributed by atoms with Crippen molar-refractivity contribution in [3.05, 3.63) is 36.6 Å². The van der Waals surface area contributed by atoms with E-state index >= 15 is 0 Å². The number of carbonyl (C=O) groups is 1. The molecule has 1 fully saturated rings.